The quantitative estimate of drug-likeness (QED) is 0.722. The zero-order valence-electron chi connectivity index (χ0n) is 10.9. The lowest BCUT2D eigenvalue weighted by Crippen LogP contribution is -2.00. The van der Waals surface area contributed by atoms with E-state index in [0.29, 0.717) is 28.6 Å². The van der Waals surface area contributed by atoms with Crippen molar-refractivity contribution in [1.29, 1.82) is 0 Å². The van der Waals surface area contributed by atoms with Crippen molar-refractivity contribution < 1.29 is 4.39 Å². The topological polar surface area (TPSA) is 43.8 Å². The fourth-order valence-electron chi connectivity index (χ4n) is 2.38. The number of hydrogen-bond acceptors (Lipinski definition) is 2. The molecule has 2 N–H and O–H groups in total. The molecular formula is C15H13ClFN3. The number of aryl methyl sites for hydroxylation is 1. The third-order valence-electron chi connectivity index (χ3n) is 3.30. The summed E-state index contributed by atoms with van der Waals surface area (Å²) in [6.45, 7) is 2.67. The van der Waals surface area contributed by atoms with Gasteiger partial charge in [-0.1, -0.05) is 17.7 Å². The van der Waals surface area contributed by atoms with Crippen molar-refractivity contribution in [1.82, 2.24) is 9.55 Å². The number of nitrogens with two attached hydrogens (primary N) is 1. The second-order valence-electron chi connectivity index (χ2n) is 4.52. The minimum Gasteiger partial charge on any atom is -0.398 e. The summed E-state index contributed by atoms with van der Waals surface area (Å²) in [4.78, 5) is 4.41. The number of imidazole rings is 1. The highest BCUT2D eigenvalue weighted by molar-refractivity contribution is 6.31. The zero-order chi connectivity index (χ0) is 14.3. The number of rotatable bonds is 2. The first-order valence-electron chi connectivity index (χ1n) is 6.32. The monoisotopic (exact) mass is 289 g/mol. The summed E-state index contributed by atoms with van der Waals surface area (Å²) in [5, 5.41) is 0.566. The molecule has 0 bridgehead atoms. The first-order chi connectivity index (χ1) is 9.61. The lowest BCUT2D eigenvalue weighted by atomic mass is 10.1. The van der Waals surface area contributed by atoms with Gasteiger partial charge in [-0.15, -0.1) is 0 Å². The van der Waals surface area contributed by atoms with Crippen molar-refractivity contribution in [2.24, 2.45) is 0 Å². The number of nitrogen functional groups attached to an aromatic ring is 1. The van der Waals surface area contributed by atoms with E-state index in [1.54, 1.807) is 18.2 Å². The molecule has 0 saturated heterocycles. The van der Waals surface area contributed by atoms with Gasteiger partial charge in [0.05, 0.1) is 5.52 Å². The first kappa shape index (κ1) is 12.9. The van der Waals surface area contributed by atoms with Gasteiger partial charge in [0.25, 0.3) is 0 Å². The third kappa shape index (κ3) is 1.93. The summed E-state index contributed by atoms with van der Waals surface area (Å²) in [7, 11) is 0. The summed E-state index contributed by atoms with van der Waals surface area (Å²) in [5.74, 6) is 0.324. The van der Waals surface area contributed by atoms with Crippen LogP contribution in [0.3, 0.4) is 0 Å². The number of anilines is 1. The van der Waals surface area contributed by atoms with Crippen LogP contribution in [0.4, 0.5) is 10.1 Å². The molecule has 0 amide bonds. The van der Waals surface area contributed by atoms with Crippen molar-refractivity contribution in [3.05, 3.63) is 47.2 Å². The number of benzene rings is 2. The number of hydrogen-bond donors (Lipinski definition) is 1. The Morgan fingerprint density at radius 1 is 1.30 bits per heavy atom. The van der Waals surface area contributed by atoms with E-state index in [1.807, 2.05) is 23.6 Å². The van der Waals surface area contributed by atoms with Crippen molar-refractivity contribution >= 4 is 28.3 Å². The zero-order valence-corrected chi connectivity index (χ0v) is 11.7. The van der Waals surface area contributed by atoms with Gasteiger partial charge >= 0.3 is 0 Å². The summed E-state index contributed by atoms with van der Waals surface area (Å²) >= 11 is 5.91. The van der Waals surface area contributed by atoms with Crippen LogP contribution >= 0.6 is 11.6 Å². The van der Waals surface area contributed by atoms with E-state index in [1.165, 1.54) is 6.07 Å². The van der Waals surface area contributed by atoms with Crippen molar-refractivity contribution in [2.75, 3.05) is 5.73 Å². The predicted molar refractivity (Wildman–Crippen MR) is 80.2 cm³/mol. The summed E-state index contributed by atoms with van der Waals surface area (Å²) in [6, 6.07) is 10.2. The van der Waals surface area contributed by atoms with E-state index in [-0.39, 0.29) is 5.82 Å². The fourth-order valence-corrected chi connectivity index (χ4v) is 2.56. The maximum absolute atomic E-state index is 13.9. The van der Waals surface area contributed by atoms with E-state index in [9.17, 15) is 4.39 Å². The van der Waals surface area contributed by atoms with Crippen LogP contribution < -0.4 is 5.73 Å². The molecule has 102 valence electrons. The van der Waals surface area contributed by atoms with E-state index >= 15 is 0 Å². The molecule has 0 atom stereocenters. The molecule has 3 rings (SSSR count). The number of aromatic nitrogens is 2. The largest absolute Gasteiger partial charge is 0.398 e. The summed E-state index contributed by atoms with van der Waals surface area (Å²) in [5.41, 5.74) is 8.41. The second kappa shape index (κ2) is 4.80. The van der Waals surface area contributed by atoms with E-state index in [2.05, 4.69) is 4.98 Å². The minimum absolute atomic E-state index is 0.330. The third-order valence-corrected chi connectivity index (χ3v) is 3.54. The standard InChI is InChI=1S/C15H13ClFN3/c1-2-20-13-5-3-4-11(17)14(13)19-15(20)10-7-6-9(16)8-12(10)18/h3-8H,2,18H2,1H3. The molecule has 0 aliphatic carbocycles. The van der Waals surface area contributed by atoms with Gasteiger partial charge in [0.1, 0.15) is 11.3 Å². The van der Waals surface area contributed by atoms with E-state index < -0.39 is 0 Å². The van der Waals surface area contributed by atoms with Crippen LogP contribution in [-0.2, 0) is 6.54 Å². The average molecular weight is 290 g/mol. The molecule has 0 spiro atoms. The number of para-hydroxylation sites is 1. The molecule has 0 radical (unpaired) electrons. The van der Waals surface area contributed by atoms with Gasteiger partial charge in [-0.2, -0.15) is 0 Å². The maximum Gasteiger partial charge on any atom is 0.151 e. The molecule has 2 aromatic carbocycles. The summed E-state index contributed by atoms with van der Waals surface area (Å²) in [6.07, 6.45) is 0. The Morgan fingerprint density at radius 3 is 2.80 bits per heavy atom. The van der Waals surface area contributed by atoms with Gasteiger partial charge in [-0.3, -0.25) is 0 Å². The SMILES string of the molecule is CCn1c(-c2ccc(Cl)cc2N)nc2c(F)cccc21. The summed E-state index contributed by atoms with van der Waals surface area (Å²) < 4.78 is 15.8. The molecule has 0 fully saturated rings. The molecule has 3 aromatic rings. The lowest BCUT2D eigenvalue weighted by molar-refractivity contribution is 0.637. The normalized spacial score (nSPS) is 11.2. The molecular weight excluding hydrogens is 277 g/mol. The number of fused-ring (bicyclic) bond motifs is 1. The van der Waals surface area contributed by atoms with Gasteiger partial charge in [0, 0.05) is 22.8 Å². The highest BCUT2D eigenvalue weighted by atomic mass is 35.5. The second-order valence-corrected chi connectivity index (χ2v) is 4.96. The van der Waals surface area contributed by atoms with Crippen molar-refractivity contribution in [3.8, 4) is 11.4 Å². The average Bonchev–Trinajstić information content (AvgIpc) is 2.78. The van der Waals surface area contributed by atoms with Gasteiger partial charge in [0.2, 0.25) is 0 Å². The number of nitrogens with zero attached hydrogens (tertiary/aromatic N) is 2. The van der Waals surface area contributed by atoms with Crippen molar-refractivity contribution in [3.63, 3.8) is 0 Å². The van der Waals surface area contributed by atoms with Crippen LogP contribution in [0, 0.1) is 5.82 Å². The molecule has 0 aliphatic heterocycles. The molecule has 3 nitrogen and oxygen atoms in total. The van der Waals surface area contributed by atoms with Crippen molar-refractivity contribution in [2.45, 2.75) is 13.5 Å². The van der Waals surface area contributed by atoms with E-state index in [4.69, 9.17) is 17.3 Å². The minimum atomic E-state index is -0.330. The Hall–Kier alpha value is -2.07. The Labute approximate surface area is 120 Å². The maximum atomic E-state index is 13.9. The molecule has 1 heterocycles. The first-order valence-corrected chi connectivity index (χ1v) is 6.69. The van der Waals surface area contributed by atoms with Crippen LogP contribution in [0.25, 0.3) is 22.4 Å². The number of halogens is 2. The highest BCUT2D eigenvalue weighted by Crippen LogP contribution is 2.31. The van der Waals surface area contributed by atoms with Gasteiger partial charge in [-0.05, 0) is 37.3 Å². The Bertz CT molecular complexity index is 795. The van der Waals surface area contributed by atoms with Gasteiger partial charge < -0.3 is 10.3 Å². The lowest BCUT2D eigenvalue weighted by Gasteiger charge is -2.08. The van der Waals surface area contributed by atoms with Gasteiger partial charge in [0.15, 0.2) is 5.82 Å². The molecule has 0 saturated carbocycles. The van der Waals surface area contributed by atoms with Crippen LogP contribution in [-0.4, -0.2) is 9.55 Å². The fraction of sp³-hybridized carbons (Fsp3) is 0.133. The molecule has 1 aromatic heterocycles. The van der Waals surface area contributed by atoms with Gasteiger partial charge in [-0.25, -0.2) is 9.37 Å². The molecule has 0 unspecified atom stereocenters. The molecule has 0 aliphatic rings. The molecule has 20 heavy (non-hydrogen) atoms. The highest BCUT2D eigenvalue weighted by Gasteiger charge is 2.16. The van der Waals surface area contributed by atoms with E-state index in [0.717, 1.165) is 11.1 Å². The Morgan fingerprint density at radius 2 is 2.10 bits per heavy atom. The molecule has 5 heteroatoms. The van der Waals surface area contributed by atoms with Crippen LogP contribution in [0.15, 0.2) is 36.4 Å². The van der Waals surface area contributed by atoms with Crippen LogP contribution in [0.2, 0.25) is 5.02 Å². The smallest absolute Gasteiger partial charge is 0.151 e. The van der Waals surface area contributed by atoms with Crippen LogP contribution in [0.1, 0.15) is 6.92 Å². The predicted octanol–water partition coefficient (Wildman–Crippen LogP) is 4.10. The Kier molecular flexibility index (Phi) is 3.10. The van der Waals surface area contributed by atoms with Crippen LogP contribution in [0.5, 0.6) is 0 Å². The Balaban J connectivity index is 2.33.